The lowest BCUT2D eigenvalue weighted by Gasteiger charge is -2.15. The number of hydrogen-bond donors (Lipinski definition) is 0. The summed E-state index contributed by atoms with van der Waals surface area (Å²) < 4.78 is 12.6. The maximum atomic E-state index is 13.6. The van der Waals surface area contributed by atoms with E-state index in [-0.39, 0.29) is 5.91 Å². The Kier molecular flexibility index (Phi) is 6.53. The van der Waals surface area contributed by atoms with Crippen molar-refractivity contribution < 1.29 is 14.3 Å². The third-order valence-corrected chi connectivity index (χ3v) is 6.22. The Hall–Kier alpha value is -3.23. The smallest absolute Gasteiger partial charge is 0.281 e. The first-order chi connectivity index (χ1) is 15.5. The quantitative estimate of drug-likeness (QED) is 0.234. The number of carbonyl (C=O) groups excluding carboxylic acids is 1. The molecule has 6 nitrogen and oxygen atoms in total. The van der Waals surface area contributed by atoms with Gasteiger partial charge in [-0.3, -0.25) is 4.79 Å². The van der Waals surface area contributed by atoms with Crippen molar-refractivity contribution in [1.29, 1.82) is 0 Å². The second-order valence-electron chi connectivity index (χ2n) is 6.98. The molecule has 32 heavy (non-hydrogen) atoms. The van der Waals surface area contributed by atoms with Crippen molar-refractivity contribution in [3.8, 4) is 11.5 Å². The van der Waals surface area contributed by atoms with Crippen LogP contribution in [-0.2, 0) is 0 Å². The number of aromatic nitrogens is 1. The van der Waals surface area contributed by atoms with Gasteiger partial charge in [0.15, 0.2) is 0 Å². The fraction of sp³-hybridized carbons (Fsp3) is 0.125. The van der Waals surface area contributed by atoms with Crippen LogP contribution in [0.4, 0.5) is 5.13 Å². The summed E-state index contributed by atoms with van der Waals surface area (Å²) in [5, 5.41) is 6.30. The van der Waals surface area contributed by atoms with Gasteiger partial charge in [-0.15, -0.1) is 0 Å². The molecule has 0 unspecified atom stereocenters. The van der Waals surface area contributed by atoms with Gasteiger partial charge in [-0.2, -0.15) is 10.1 Å². The number of fused-ring (bicyclic) bond motifs is 1. The molecule has 0 N–H and O–H groups in total. The number of amides is 1. The van der Waals surface area contributed by atoms with Crippen molar-refractivity contribution in [1.82, 2.24) is 4.98 Å². The predicted octanol–water partition coefficient (Wildman–Crippen LogP) is 6.07. The van der Waals surface area contributed by atoms with Crippen molar-refractivity contribution in [3.05, 3.63) is 81.8 Å². The third-order valence-electron chi connectivity index (χ3n) is 4.70. The Balaban J connectivity index is 1.78. The van der Waals surface area contributed by atoms with E-state index in [1.165, 1.54) is 16.3 Å². The number of nitrogens with zero attached hydrogens (tertiary/aromatic N) is 3. The number of halogens is 1. The van der Waals surface area contributed by atoms with Crippen LogP contribution in [0.15, 0.2) is 70.2 Å². The number of anilines is 1. The second-order valence-corrected chi connectivity index (χ2v) is 8.91. The van der Waals surface area contributed by atoms with Crippen LogP contribution in [0.1, 0.15) is 21.5 Å². The normalized spacial score (nSPS) is 11.1. The maximum Gasteiger partial charge on any atom is 0.281 e. The van der Waals surface area contributed by atoms with Gasteiger partial charge < -0.3 is 9.47 Å². The Bertz CT molecular complexity index is 1280. The van der Waals surface area contributed by atoms with Gasteiger partial charge in [0.2, 0.25) is 5.13 Å². The predicted molar refractivity (Wildman–Crippen MR) is 132 cm³/mol. The second kappa shape index (κ2) is 9.50. The lowest BCUT2D eigenvalue weighted by atomic mass is 10.2. The summed E-state index contributed by atoms with van der Waals surface area (Å²) in [4.78, 5) is 18.2. The van der Waals surface area contributed by atoms with Gasteiger partial charge in [-0.05, 0) is 54.4 Å². The largest absolute Gasteiger partial charge is 0.497 e. The van der Waals surface area contributed by atoms with Crippen LogP contribution in [0.25, 0.3) is 10.2 Å². The zero-order valence-corrected chi connectivity index (χ0v) is 20.1. The summed E-state index contributed by atoms with van der Waals surface area (Å²) in [7, 11) is 3.09. The molecule has 1 amide bonds. The minimum absolute atomic E-state index is 0.341. The lowest BCUT2D eigenvalue weighted by molar-refractivity contribution is 0.0987. The van der Waals surface area contributed by atoms with Crippen molar-refractivity contribution in [2.24, 2.45) is 5.10 Å². The zero-order valence-electron chi connectivity index (χ0n) is 17.7. The molecule has 0 radical (unpaired) electrons. The summed E-state index contributed by atoms with van der Waals surface area (Å²) in [6.45, 7) is 2.02. The molecule has 0 bridgehead atoms. The van der Waals surface area contributed by atoms with Crippen LogP contribution in [0.3, 0.4) is 0 Å². The summed E-state index contributed by atoms with van der Waals surface area (Å²) >= 11 is 4.84. The van der Waals surface area contributed by atoms with Gasteiger partial charge in [-0.25, -0.2) is 4.98 Å². The van der Waals surface area contributed by atoms with E-state index in [0.29, 0.717) is 22.2 Å². The molecule has 1 aromatic heterocycles. The first kappa shape index (κ1) is 22.0. The molecule has 4 aromatic rings. The Morgan fingerprint density at radius 1 is 1.03 bits per heavy atom. The summed E-state index contributed by atoms with van der Waals surface area (Å²) in [5.41, 5.74) is 3.17. The first-order valence-corrected chi connectivity index (χ1v) is 11.3. The van der Waals surface area contributed by atoms with E-state index in [9.17, 15) is 4.79 Å². The highest BCUT2D eigenvalue weighted by molar-refractivity contribution is 9.10. The van der Waals surface area contributed by atoms with Crippen LogP contribution in [-0.4, -0.2) is 31.3 Å². The SMILES string of the molecule is COc1cc(OC)cc(C(=O)N(/N=C/c2ccc(Br)cc2)c2nc3ccc(C)cc3s2)c1. The minimum Gasteiger partial charge on any atom is -0.497 e. The fourth-order valence-corrected chi connectivity index (χ4v) is 4.31. The zero-order chi connectivity index (χ0) is 22.7. The van der Waals surface area contributed by atoms with Crippen LogP contribution in [0.5, 0.6) is 11.5 Å². The number of rotatable bonds is 6. The van der Waals surface area contributed by atoms with E-state index in [2.05, 4.69) is 26.0 Å². The van der Waals surface area contributed by atoms with Gasteiger partial charge >= 0.3 is 0 Å². The average molecular weight is 510 g/mol. The fourth-order valence-electron chi connectivity index (χ4n) is 3.03. The molecule has 0 atom stereocenters. The summed E-state index contributed by atoms with van der Waals surface area (Å²) in [6.07, 6.45) is 1.64. The molecule has 0 saturated heterocycles. The number of methoxy groups -OCH3 is 2. The van der Waals surface area contributed by atoms with Crippen molar-refractivity contribution in [3.63, 3.8) is 0 Å². The molecule has 0 fully saturated rings. The standard InChI is InChI=1S/C24H20BrN3O3S/c1-15-4-9-21-22(10-15)32-24(27-21)28(26-14-16-5-7-18(25)8-6-16)23(29)17-11-19(30-2)13-20(12-17)31-3/h4-14H,1-3H3/b26-14+. The topological polar surface area (TPSA) is 64.0 Å². The van der Waals surface area contributed by atoms with Crippen LogP contribution in [0, 0.1) is 6.92 Å². The number of ether oxygens (including phenoxy) is 2. The van der Waals surface area contributed by atoms with Crippen molar-refractivity contribution >= 4 is 54.7 Å². The molecule has 0 aliphatic heterocycles. The van der Waals surface area contributed by atoms with Gasteiger partial charge in [0.05, 0.1) is 30.7 Å². The van der Waals surface area contributed by atoms with E-state index >= 15 is 0 Å². The molecule has 0 aliphatic rings. The molecule has 1 heterocycles. The Morgan fingerprint density at radius 3 is 2.38 bits per heavy atom. The number of hydrogen-bond acceptors (Lipinski definition) is 6. The number of aryl methyl sites for hydroxylation is 1. The molecule has 0 aliphatic carbocycles. The highest BCUT2D eigenvalue weighted by Gasteiger charge is 2.22. The lowest BCUT2D eigenvalue weighted by Crippen LogP contribution is -2.25. The van der Waals surface area contributed by atoms with Crippen molar-refractivity contribution in [2.75, 3.05) is 19.2 Å². The van der Waals surface area contributed by atoms with Gasteiger partial charge in [0, 0.05) is 16.1 Å². The number of hydrazone groups is 1. The van der Waals surface area contributed by atoms with E-state index in [1.807, 2.05) is 49.4 Å². The third kappa shape index (κ3) is 4.81. The first-order valence-electron chi connectivity index (χ1n) is 9.71. The Labute approximate surface area is 198 Å². The van der Waals surface area contributed by atoms with Crippen LogP contribution in [0.2, 0.25) is 0 Å². The van der Waals surface area contributed by atoms with E-state index < -0.39 is 0 Å². The van der Waals surface area contributed by atoms with E-state index in [1.54, 1.807) is 38.6 Å². The number of carbonyl (C=O) groups is 1. The average Bonchev–Trinajstić information content (AvgIpc) is 3.22. The molecule has 0 saturated carbocycles. The molecule has 0 spiro atoms. The van der Waals surface area contributed by atoms with Crippen LogP contribution >= 0.6 is 27.3 Å². The summed E-state index contributed by atoms with van der Waals surface area (Å²) in [5.74, 6) is 0.695. The molecule has 8 heteroatoms. The van der Waals surface area contributed by atoms with E-state index in [0.717, 1.165) is 25.8 Å². The number of thiazole rings is 1. The highest BCUT2D eigenvalue weighted by atomic mass is 79.9. The highest BCUT2D eigenvalue weighted by Crippen LogP contribution is 2.32. The minimum atomic E-state index is -0.341. The van der Waals surface area contributed by atoms with Crippen LogP contribution < -0.4 is 14.5 Å². The van der Waals surface area contributed by atoms with Crippen molar-refractivity contribution in [2.45, 2.75) is 6.92 Å². The molecule has 4 rings (SSSR count). The molecular formula is C24H20BrN3O3S. The van der Waals surface area contributed by atoms with Gasteiger partial charge in [0.1, 0.15) is 11.5 Å². The van der Waals surface area contributed by atoms with Gasteiger partial charge in [-0.1, -0.05) is 45.5 Å². The Morgan fingerprint density at radius 2 is 1.72 bits per heavy atom. The molecule has 162 valence electrons. The monoisotopic (exact) mass is 509 g/mol. The number of benzene rings is 3. The molecular weight excluding hydrogens is 490 g/mol. The maximum absolute atomic E-state index is 13.6. The van der Waals surface area contributed by atoms with Gasteiger partial charge in [0.25, 0.3) is 5.91 Å². The molecule has 3 aromatic carbocycles. The summed E-state index contributed by atoms with van der Waals surface area (Å²) in [6, 6.07) is 18.7. The van der Waals surface area contributed by atoms with E-state index in [4.69, 9.17) is 9.47 Å².